The minimum Gasteiger partial charge on any atom is -0.490 e. The predicted octanol–water partition coefficient (Wildman–Crippen LogP) is 9.37. The van der Waals surface area contributed by atoms with E-state index in [0.29, 0.717) is 37.5 Å². The summed E-state index contributed by atoms with van der Waals surface area (Å²) in [5.41, 5.74) is 1.42. The third-order valence-corrected chi connectivity index (χ3v) is 12.4. The second kappa shape index (κ2) is 18.5. The molecule has 6 rings (SSSR count). The lowest BCUT2D eigenvalue weighted by atomic mass is 9.81. The van der Waals surface area contributed by atoms with Gasteiger partial charge in [-0.05, 0) is 119 Å². The highest BCUT2D eigenvalue weighted by Crippen LogP contribution is 2.45. The third-order valence-electron chi connectivity index (χ3n) is 10.5. The maximum atomic E-state index is 15.4. The van der Waals surface area contributed by atoms with Gasteiger partial charge in [0, 0.05) is 42.3 Å². The minimum atomic E-state index is -1.96. The molecule has 1 saturated carbocycles. The molecule has 3 amide bonds. The lowest BCUT2D eigenvalue weighted by Gasteiger charge is -2.51. The summed E-state index contributed by atoms with van der Waals surface area (Å²) >= 11 is 22.3. The van der Waals surface area contributed by atoms with Crippen molar-refractivity contribution >= 4 is 74.4 Å². The Labute approximate surface area is 369 Å². The standard InChI is InChI=1S/C44H51BrCl3N3O8/c1-42(2,3)58-40(54)49-26-33-24-36(29-10-16-34(17-11-29)56-22-23-57-35-18-12-31(45)13-19-35)38(37(27-49)51(33)41(55)59-43(4,5)44(46,47)48)39(53)50(32-14-15-32)25-30-9-7-6-8-28(30)20-21-52/h6-13,16-19,32-33,37,52H,14-15,20-27H2,1-5H3. The molecule has 1 aliphatic carbocycles. The zero-order chi connectivity index (χ0) is 42.7. The maximum absolute atomic E-state index is 15.4. The van der Waals surface area contributed by atoms with Crippen molar-refractivity contribution in [3.05, 3.63) is 99.5 Å². The molecule has 1 N–H and O–H groups in total. The normalized spacial score (nSPS) is 18.3. The molecule has 0 spiro atoms. The Morgan fingerprint density at radius 3 is 1.97 bits per heavy atom. The predicted molar refractivity (Wildman–Crippen MR) is 232 cm³/mol. The Hall–Kier alpha value is -3.68. The van der Waals surface area contributed by atoms with Gasteiger partial charge in [-0.3, -0.25) is 9.69 Å². The second-order valence-corrected chi connectivity index (χ2v) is 19.7. The molecule has 59 heavy (non-hydrogen) atoms. The van der Waals surface area contributed by atoms with E-state index in [2.05, 4.69) is 15.9 Å². The maximum Gasteiger partial charge on any atom is 0.411 e. The van der Waals surface area contributed by atoms with Gasteiger partial charge in [0.2, 0.25) is 3.79 Å². The fraction of sp³-hybridized carbons (Fsp3) is 0.477. The minimum absolute atomic E-state index is 0.0345. The van der Waals surface area contributed by atoms with Gasteiger partial charge in [0.25, 0.3) is 5.91 Å². The Bertz CT molecular complexity index is 2010. The molecule has 318 valence electrons. The Morgan fingerprint density at radius 1 is 0.814 bits per heavy atom. The van der Waals surface area contributed by atoms with Gasteiger partial charge >= 0.3 is 12.2 Å². The molecule has 3 aromatic rings. The van der Waals surface area contributed by atoms with Crippen LogP contribution < -0.4 is 9.47 Å². The molecule has 0 radical (unpaired) electrons. The van der Waals surface area contributed by atoms with Crippen molar-refractivity contribution in [2.75, 3.05) is 32.9 Å². The molecule has 2 heterocycles. The van der Waals surface area contributed by atoms with Crippen LogP contribution in [0.5, 0.6) is 11.5 Å². The van der Waals surface area contributed by atoms with Gasteiger partial charge in [-0.25, -0.2) is 9.59 Å². The SMILES string of the molecule is CC(C)(C)OC(=O)N1CC2CC(c3ccc(OCCOc4ccc(Br)cc4)cc3)=C(C(=O)N(Cc3ccccc3CCO)C3CC3)C(C1)N2C(=O)OC(C)(C)C(Cl)(Cl)Cl. The highest BCUT2D eigenvalue weighted by Gasteiger charge is 2.53. The number of benzene rings is 3. The number of hydrogen-bond acceptors (Lipinski definition) is 8. The number of carbonyl (C=O) groups excluding carboxylic acids is 3. The van der Waals surface area contributed by atoms with E-state index >= 15 is 4.79 Å². The van der Waals surface area contributed by atoms with Crippen LogP contribution in [-0.2, 0) is 27.2 Å². The van der Waals surface area contributed by atoms with Gasteiger partial charge in [0.05, 0.1) is 12.1 Å². The van der Waals surface area contributed by atoms with Crippen molar-refractivity contribution < 1.29 is 38.4 Å². The molecule has 3 aliphatic rings. The smallest absolute Gasteiger partial charge is 0.411 e. The molecule has 3 aromatic carbocycles. The zero-order valence-corrected chi connectivity index (χ0v) is 37.7. The summed E-state index contributed by atoms with van der Waals surface area (Å²) in [6, 6.07) is 21.2. The lowest BCUT2D eigenvalue weighted by Crippen LogP contribution is -2.66. The van der Waals surface area contributed by atoms with E-state index in [0.717, 1.165) is 45.3 Å². The Kier molecular flexibility index (Phi) is 14.1. The van der Waals surface area contributed by atoms with E-state index in [1.807, 2.05) is 77.7 Å². The molecule has 0 aromatic heterocycles. The number of fused-ring (bicyclic) bond motifs is 2. The van der Waals surface area contributed by atoms with Gasteiger partial charge in [0.15, 0.2) is 5.60 Å². The summed E-state index contributed by atoms with van der Waals surface area (Å²) in [7, 11) is 0. The van der Waals surface area contributed by atoms with Gasteiger partial charge < -0.3 is 33.9 Å². The largest absolute Gasteiger partial charge is 0.490 e. The summed E-state index contributed by atoms with van der Waals surface area (Å²) in [5, 5.41) is 9.84. The fourth-order valence-corrected chi connectivity index (χ4v) is 7.68. The van der Waals surface area contributed by atoms with E-state index < -0.39 is 39.3 Å². The number of rotatable bonds is 13. The molecule has 2 unspecified atom stereocenters. The van der Waals surface area contributed by atoms with Crippen molar-refractivity contribution in [3.8, 4) is 11.5 Å². The monoisotopic (exact) mass is 933 g/mol. The van der Waals surface area contributed by atoms with E-state index in [1.165, 1.54) is 18.7 Å². The molecule has 15 heteroatoms. The molecule has 1 saturated heterocycles. The van der Waals surface area contributed by atoms with E-state index in [1.54, 1.807) is 25.7 Å². The number of alkyl halides is 3. The first-order valence-corrected chi connectivity index (χ1v) is 21.7. The van der Waals surface area contributed by atoms with Crippen LogP contribution in [0.2, 0.25) is 0 Å². The van der Waals surface area contributed by atoms with E-state index in [-0.39, 0.29) is 38.1 Å². The van der Waals surface area contributed by atoms with Crippen LogP contribution in [0.15, 0.2) is 82.8 Å². The van der Waals surface area contributed by atoms with Crippen LogP contribution in [0.25, 0.3) is 5.57 Å². The van der Waals surface area contributed by atoms with Crippen LogP contribution in [0.3, 0.4) is 0 Å². The molecular weight excluding hydrogens is 885 g/mol. The molecule has 2 aliphatic heterocycles. The molecule has 11 nitrogen and oxygen atoms in total. The third kappa shape index (κ3) is 11.2. The zero-order valence-electron chi connectivity index (χ0n) is 33.9. The summed E-state index contributed by atoms with van der Waals surface area (Å²) in [6.07, 6.45) is 0.949. The number of hydrogen-bond donors (Lipinski definition) is 1. The molecule has 2 bridgehead atoms. The summed E-state index contributed by atoms with van der Waals surface area (Å²) < 4.78 is 22.6. The van der Waals surface area contributed by atoms with Crippen LogP contribution in [0, 0.1) is 0 Å². The summed E-state index contributed by atoms with van der Waals surface area (Å²) in [4.78, 5) is 48.5. The van der Waals surface area contributed by atoms with Crippen LogP contribution in [-0.4, -0.2) is 104 Å². The Balaban J connectivity index is 1.39. The summed E-state index contributed by atoms with van der Waals surface area (Å²) in [6.45, 7) is 9.35. The number of aliphatic hydroxyl groups is 1. The van der Waals surface area contributed by atoms with Crippen molar-refractivity contribution in [1.29, 1.82) is 0 Å². The van der Waals surface area contributed by atoms with Gasteiger partial charge in [-0.2, -0.15) is 0 Å². The fourth-order valence-electron chi connectivity index (χ4n) is 7.30. The highest BCUT2D eigenvalue weighted by atomic mass is 79.9. The van der Waals surface area contributed by atoms with Crippen molar-refractivity contribution in [3.63, 3.8) is 0 Å². The lowest BCUT2D eigenvalue weighted by molar-refractivity contribution is -0.129. The van der Waals surface area contributed by atoms with Gasteiger partial charge in [0.1, 0.15) is 30.3 Å². The highest BCUT2D eigenvalue weighted by molar-refractivity contribution is 9.10. The van der Waals surface area contributed by atoms with Crippen molar-refractivity contribution in [1.82, 2.24) is 14.7 Å². The quantitative estimate of drug-likeness (QED) is 0.133. The van der Waals surface area contributed by atoms with Crippen LogP contribution in [0.1, 0.15) is 70.6 Å². The number of ether oxygens (including phenoxy) is 4. The molecule has 2 fully saturated rings. The number of nitrogens with zero attached hydrogens (tertiary/aromatic N) is 3. The van der Waals surface area contributed by atoms with Gasteiger partial charge in [-0.1, -0.05) is 87.1 Å². The first kappa shape index (κ1) is 44.9. The van der Waals surface area contributed by atoms with Crippen molar-refractivity contribution in [2.45, 2.75) is 100.0 Å². The summed E-state index contributed by atoms with van der Waals surface area (Å²) in [5.74, 6) is 1.09. The van der Waals surface area contributed by atoms with Crippen LogP contribution >= 0.6 is 50.7 Å². The number of amides is 3. The topological polar surface area (TPSA) is 118 Å². The number of piperazine rings is 1. The van der Waals surface area contributed by atoms with Crippen LogP contribution in [0.4, 0.5) is 9.59 Å². The van der Waals surface area contributed by atoms with E-state index in [9.17, 15) is 14.7 Å². The number of aliphatic hydroxyl groups excluding tert-OH is 1. The molecule has 2 atom stereocenters. The number of carbonyl (C=O) groups is 3. The Morgan fingerprint density at radius 2 is 1.41 bits per heavy atom. The number of halogens is 4. The van der Waals surface area contributed by atoms with E-state index in [4.69, 9.17) is 53.8 Å². The second-order valence-electron chi connectivity index (χ2n) is 16.5. The molecular formula is C44H51BrCl3N3O8. The van der Waals surface area contributed by atoms with Crippen molar-refractivity contribution in [2.24, 2.45) is 0 Å². The first-order chi connectivity index (χ1) is 27.8. The van der Waals surface area contributed by atoms with Gasteiger partial charge in [-0.15, -0.1) is 0 Å². The average Bonchev–Trinajstić information content (AvgIpc) is 4.01. The first-order valence-electron chi connectivity index (χ1n) is 19.7. The average molecular weight is 936 g/mol.